The summed E-state index contributed by atoms with van der Waals surface area (Å²) in [6.45, 7) is 2.05. The maximum absolute atomic E-state index is 11.8. The van der Waals surface area contributed by atoms with Crippen molar-refractivity contribution in [1.29, 1.82) is 0 Å². The predicted molar refractivity (Wildman–Crippen MR) is 101 cm³/mol. The zero-order valence-electron chi connectivity index (χ0n) is 14.6. The number of nitrogens with one attached hydrogen (secondary N) is 1. The number of hydrogen-bond acceptors (Lipinski definition) is 7. The van der Waals surface area contributed by atoms with Gasteiger partial charge in [0.25, 0.3) is 5.24 Å². The van der Waals surface area contributed by atoms with Gasteiger partial charge in [-0.3, -0.25) is 19.3 Å². The highest BCUT2D eigenvalue weighted by molar-refractivity contribution is 8.26. The fraction of sp³-hybridized carbons (Fsp3) is 0.278. The molecule has 3 rings (SSSR count). The predicted octanol–water partition coefficient (Wildman–Crippen LogP) is 1.80. The van der Waals surface area contributed by atoms with Gasteiger partial charge < -0.3 is 10.1 Å². The van der Waals surface area contributed by atoms with Crippen LogP contribution in [0.4, 0.5) is 10.7 Å². The molecule has 1 aliphatic rings. The zero-order valence-corrected chi connectivity index (χ0v) is 15.4. The van der Waals surface area contributed by atoms with E-state index in [-0.39, 0.29) is 22.9 Å². The van der Waals surface area contributed by atoms with E-state index in [4.69, 9.17) is 4.74 Å². The molecule has 1 atom stereocenters. The zero-order chi connectivity index (χ0) is 19.2. The van der Waals surface area contributed by atoms with Crippen molar-refractivity contribution < 1.29 is 19.1 Å². The molecule has 0 saturated carbocycles. The van der Waals surface area contributed by atoms with Crippen LogP contribution in [0.25, 0.3) is 0 Å². The summed E-state index contributed by atoms with van der Waals surface area (Å²) in [5, 5.41) is 2.17. The lowest BCUT2D eigenvalue weighted by Gasteiger charge is -2.18. The second-order valence-corrected chi connectivity index (χ2v) is 6.80. The standard InChI is InChI=1S/C18H18N4O4S/c1-12(23)22(17-19-7-2-8-20-17)9-10-26-14-5-3-13(4-6-14)11-15-16(24)27-18(25)21-15/h2-8,15H,9-11H2,1H3,(H,21,25). The number of carbonyl (C=O) groups excluding carboxylic acids is 3. The van der Waals surface area contributed by atoms with E-state index in [1.54, 1.807) is 30.6 Å². The number of thioether (sulfide) groups is 1. The molecule has 0 bridgehead atoms. The minimum absolute atomic E-state index is 0.159. The van der Waals surface area contributed by atoms with Crippen LogP contribution in [0.2, 0.25) is 0 Å². The number of anilines is 1. The van der Waals surface area contributed by atoms with Crippen molar-refractivity contribution in [3.8, 4) is 5.75 Å². The average Bonchev–Trinajstić information content (AvgIpc) is 2.97. The van der Waals surface area contributed by atoms with Crippen LogP contribution in [-0.2, 0) is 16.0 Å². The minimum atomic E-state index is -0.482. The highest BCUT2D eigenvalue weighted by Crippen LogP contribution is 2.20. The van der Waals surface area contributed by atoms with Gasteiger partial charge in [0.05, 0.1) is 6.54 Å². The number of ether oxygens (including phenoxy) is 1. The van der Waals surface area contributed by atoms with Crippen LogP contribution in [0.15, 0.2) is 42.7 Å². The molecule has 2 aromatic rings. The molecule has 140 valence electrons. The second kappa shape index (κ2) is 8.63. The molecule has 1 aromatic carbocycles. The molecule has 1 unspecified atom stereocenters. The topological polar surface area (TPSA) is 101 Å². The molecule has 0 spiro atoms. The number of benzene rings is 1. The Morgan fingerprint density at radius 2 is 1.93 bits per heavy atom. The molecule has 1 fully saturated rings. The lowest BCUT2D eigenvalue weighted by molar-refractivity contribution is -0.116. The Balaban J connectivity index is 1.52. The Morgan fingerprint density at radius 1 is 1.22 bits per heavy atom. The Morgan fingerprint density at radius 3 is 2.52 bits per heavy atom. The van der Waals surface area contributed by atoms with Gasteiger partial charge in [0.15, 0.2) is 0 Å². The van der Waals surface area contributed by atoms with E-state index in [1.807, 2.05) is 12.1 Å². The summed E-state index contributed by atoms with van der Waals surface area (Å²) in [7, 11) is 0. The van der Waals surface area contributed by atoms with Crippen molar-refractivity contribution in [2.24, 2.45) is 0 Å². The lowest BCUT2D eigenvalue weighted by atomic mass is 10.1. The van der Waals surface area contributed by atoms with Crippen LogP contribution in [0.3, 0.4) is 0 Å². The molecule has 2 heterocycles. The third kappa shape index (κ3) is 5.04. The first-order valence-corrected chi connectivity index (χ1v) is 9.13. The Hall–Kier alpha value is -2.94. The molecular weight excluding hydrogens is 368 g/mol. The van der Waals surface area contributed by atoms with Crippen molar-refractivity contribution in [1.82, 2.24) is 15.3 Å². The first-order valence-electron chi connectivity index (χ1n) is 8.32. The summed E-state index contributed by atoms with van der Waals surface area (Å²) in [4.78, 5) is 44.2. The normalized spacial score (nSPS) is 16.1. The molecule has 1 N–H and O–H groups in total. The number of hydrogen-bond donors (Lipinski definition) is 1. The van der Waals surface area contributed by atoms with Gasteiger partial charge in [-0.05, 0) is 23.8 Å². The van der Waals surface area contributed by atoms with Crippen LogP contribution in [0.5, 0.6) is 5.75 Å². The molecule has 1 aromatic heterocycles. The smallest absolute Gasteiger partial charge is 0.287 e. The first kappa shape index (κ1) is 18.8. The van der Waals surface area contributed by atoms with Crippen LogP contribution in [-0.4, -0.2) is 45.4 Å². The van der Waals surface area contributed by atoms with E-state index < -0.39 is 6.04 Å². The summed E-state index contributed by atoms with van der Waals surface area (Å²) >= 11 is 0.709. The van der Waals surface area contributed by atoms with Crippen molar-refractivity contribution in [3.63, 3.8) is 0 Å². The molecule has 1 saturated heterocycles. The van der Waals surface area contributed by atoms with Gasteiger partial charge in [0, 0.05) is 37.5 Å². The van der Waals surface area contributed by atoms with E-state index in [1.165, 1.54) is 11.8 Å². The van der Waals surface area contributed by atoms with Gasteiger partial charge in [0.1, 0.15) is 18.4 Å². The van der Waals surface area contributed by atoms with E-state index >= 15 is 0 Å². The van der Waals surface area contributed by atoms with Gasteiger partial charge in [-0.15, -0.1) is 0 Å². The van der Waals surface area contributed by atoms with Crippen LogP contribution >= 0.6 is 11.8 Å². The van der Waals surface area contributed by atoms with Crippen molar-refractivity contribution in [2.75, 3.05) is 18.1 Å². The molecule has 0 radical (unpaired) electrons. The molecule has 1 aliphatic heterocycles. The maximum Gasteiger partial charge on any atom is 0.287 e. The number of nitrogens with zero attached hydrogens (tertiary/aromatic N) is 3. The van der Waals surface area contributed by atoms with Crippen molar-refractivity contribution in [3.05, 3.63) is 48.3 Å². The summed E-state index contributed by atoms with van der Waals surface area (Å²) < 4.78 is 5.68. The SMILES string of the molecule is CC(=O)N(CCOc1ccc(CC2NC(=O)SC2=O)cc1)c1ncccn1. The van der Waals surface area contributed by atoms with Crippen LogP contribution < -0.4 is 15.0 Å². The molecule has 27 heavy (non-hydrogen) atoms. The Bertz CT molecular complexity index is 829. The van der Waals surface area contributed by atoms with Crippen LogP contribution in [0, 0.1) is 0 Å². The third-order valence-corrected chi connectivity index (χ3v) is 4.68. The lowest BCUT2D eigenvalue weighted by Crippen LogP contribution is -2.34. The van der Waals surface area contributed by atoms with Gasteiger partial charge in [0.2, 0.25) is 17.0 Å². The Labute approximate surface area is 160 Å². The molecule has 2 amide bonds. The highest BCUT2D eigenvalue weighted by Gasteiger charge is 2.31. The van der Waals surface area contributed by atoms with E-state index in [9.17, 15) is 14.4 Å². The van der Waals surface area contributed by atoms with E-state index in [0.717, 1.165) is 5.56 Å². The summed E-state index contributed by atoms with van der Waals surface area (Å²) in [6, 6.07) is 8.48. The fourth-order valence-electron chi connectivity index (χ4n) is 2.57. The first-order chi connectivity index (χ1) is 13.0. The monoisotopic (exact) mass is 386 g/mol. The number of carbonyl (C=O) groups is 3. The number of rotatable bonds is 7. The number of amides is 2. The van der Waals surface area contributed by atoms with Gasteiger partial charge in [-0.2, -0.15) is 0 Å². The quantitative estimate of drug-likeness (QED) is 0.774. The van der Waals surface area contributed by atoms with E-state index in [0.29, 0.717) is 36.4 Å². The summed E-state index contributed by atoms with van der Waals surface area (Å²) in [5.74, 6) is 0.818. The van der Waals surface area contributed by atoms with Gasteiger partial charge >= 0.3 is 0 Å². The van der Waals surface area contributed by atoms with Crippen molar-refractivity contribution >= 4 is 34.0 Å². The highest BCUT2D eigenvalue weighted by atomic mass is 32.2. The fourth-order valence-corrected chi connectivity index (χ4v) is 3.24. The molecule has 0 aliphatic carbocycles. The van der Waals surface area contributed by atoms with E-state index in [2.05, 4.69) is 15.3 Å². The number of aromatic nitrogens is 2. The van der Waals surface area contributed by atoms with Crippen molar-refractivity contribution in [2.45, 2.75) is 19.4 Å². The molecule has 9 heteroatoms. The van der Waals surface area contributed by atoms with Crippen LogP contribution in [0.1, 0.15) is 12.5 Å². The third-order valence-electron chi connectivity index (χ3n) is 3.89. The van der Waals surface area contributed by atoms with Gasteiger partial charge in [-0.1, -0.05) is 12.1 Å². The molecular formula is C18H18N4O4S. The summed E-state index contributed by atoms with van der Waals surface area (Å²) in [6.07, 6.45) is 3.60. The largest absolute Gasteiger partial charge is 0.492 e. The van der Waals surface area contributed by atoms with Gasteiger partial charge in [-0.25, -0.2) is 9.97 Å². The Kier molecular flexibility index (Phi) is 6.02. The summed E-state index contributed by atoms with van der Waals surface area (Å²) in [5.41, 5.74) is 0.923. The average molecular weight is 386 g/mol. The second-order valence-electron chi connectivity index (χ2n) is 5.82. The minimum Gasteiger partial charge on any atom is -0.492 e. The maximum atomic E-state index is 11.8. The molecule has 8 nitrogen and oxygen atoms in total.